The van der Waals surface area contributed by atoms with E-state index in [-0.39, 0.29) is 36.8 Å². The number of morpholine rings is 1. The van der Waals surface area contributed by atoms with E-state index in [1.807, 2.05) is 18.2 Å². The Balaban J connectivity index is 0.00000156. The summed E-state index contributed by atoms with van der Waals surface area (Å²) in [7, 11) is 1.65. The van der Waals surface area contributed by atoms with Gasteiger partial charge in [-0.1, -0.05) is 11.6 Å². The fourth-order valence-corrected chi connectivity index (χ4v) is 3.20. The molecule has 2 aliphatic rings. The lowest BCUT2D eigenvalue weighted by Crippen LogP contribution is -2.50. The number of ether oxygens (including phenoxy) is 2. The molecule has 1 aromatic carbocycles. The highest BCUT2D eigenvalue weighted by atomic mass is 35.5. The molecule has 2 atom stereocenters. The average Bonchev–Trinajstić information content (AvgIpc) is 3.04. The second-order valence-electron chi connectivity index (χ2n) is 5.82. The zero-order valence-electron chi connectivity index (χ0n) is 14.0. The summed E-state index contributed by atoms with van der Waals surface area (Å²) in [5.74, 6) is 0.753. The van der Waals surface area contributed by atoms with Crippen LogP contribution in [0, 0.1) is 0 Å². The average molecular weight is 413 g/mol. The number of rotatable bonds is 4. The summed E-state index contributed by atoms with van der Waals surface area (Å²) in [6.45, 7) is 3.54. The minimum Gasteiger partial charge on any atom is -0.495 e. The molecule has 2 fully saturated rings. The Morgan fingerprint density at radius 3 is 2.92 bits per heavy atom. The molecule has 9 heteroatoms. The Morgan fingerprint density at radius 1 is 1.44 bits per heavy atom. The summed E-state index contributed by atoms with van der Waals surface area (Å²) in [6.07, 6.45) is 0.500. The maximum Gasteiger partial charge on any atom is 0.250 e. The van der Waals surface area contributed by atoms with Gasteiger partial charge >= 0.3 is 0 Å². The molecule has 0 saturated carbocycles. The Morgan fingerprint density at radius 2 is 2.24 bits per heavy atom. The molecule has 2 aliphatic heterocycles. The van der Waals surface area contributed by atoms with Gasteiger partial charge in [0.15, 0.2) is 0 Å². The number of hydrogen-bond donors (Lipinski definition) is 2. The lowest BCUT2D eigenvalue weighted by molar-refractivity contribution is -0.134. The first-order chi connectivity index (χ1) is 11.2. The van der Waals surface area contributed by atoms with Crippen molar-refractivity contribution in [1.29, 1.82) is 0 Å². The molecule has 0 aromatic heterocycles. The quantitative estimate of drug-likeness (QED) is 0.790. The molecular weight excluding hydrogens is 389 g/mol. The van der Waals surface area contributed by atoms with Crippen LogP contribution in [0.2, 0.25) is 5.02 Å². The molecule has 0 aliphatic carbocycles. The van der Waals surface area contributed by atoms with E-state index in [0.717, 1.165) is 37.5 Å². The molecule has 0 radical (unpaired) electrons. The van der Waals surface area contributed by atoms with E-state index in [9.17, 15) is 4.79 Å². The van der Waals surface area contributed by atoms with Gasteiger partial charge in [-0.25, -0.2) is 0 Å². The van der Waals surface area contributed by atoms with Gasteiger partial charge in [0.25, 0.3) is 5.91 Å². The number of nitrogens with zero attached hydrogens (tertiary/aromatic N) is 1. The van der Waals surface area contributed by atoms with E-state index in [1.165, 1.54) is 0 Å². The monoisotopic (exact) mass is 411 g/mol. The standard InChI is InChI=1S/C16H22ClN3O3.2ClH/c1-22-14-3-2-11(17)8-13(14)20-6-4-12(10-20)19-16(21)15-9-18-5-7-23-15;;/h2-3,8,12,15,18H,4-7,9-10H2,1H3,(H,19,21);2*1H. The molecule has 2 N–H and O–H groups in total. The largest absolute Gasteiger partial charge is 0.495 e. The van der Waals surface area contributed by atoms with E-state index >= 15 is 0 Å². The van der Waals surface area contributed by atoms with Crippen molar-refractivity contribution in [3.63, 3.8) is 0 Å². The maximum atomic E-state index is 12.2. The SMILES string of the molecule is COc1ccc(Cl)cc1N1CCC(NC(=O)C2CNCCO2)C1.Cl.Cl. The minimum atomic E-state index is -0.390. The topological polar surface area (TPSA) is 62.8 Å². The number of nitrogens with one attached hydrogen (secondary N) is 2. The van der Waals surface area contributed by atoms with E-state index in [2.05, 4.69) is 15.5 Å². The molecule has 2 saturated heterocycles. The van der Waals surface area contributed by atoms with Crippen LogP contribution in [0.5, 0.6) is 5.75 Å². The second kappa shape index (κ2) is 10.3. The van der Waals surface area contributed by atoms with Crippen molar-refractivity contribution < 1.29 is 14.3 Å². The van der Waals surface area contributed by atoms with Crippen molar-refractivity contribution in [2.45, 2.75) is 18.6 Å². The lowest BCUT2D eigenvalue weighted by atomic mass is 10.2. The van der Waals surface area contributed by atoms with Crippen molar-refractivity contribution in [2.75, 3.05) is 44.8 Å². The van der Waals surface area contributed by atoms with Crippen LogP contribution in [0.3, 0.4) is 0 Å². The van der Waals surface area contributed by atoms with Gasteiger partial charge in [0.1, 0.15) is 11.9 Å². The van der Waals surface area contributed by atoms with Gasteiger partial charge in [-0.05, 0) is 24.6 Å². The predicted molar refractivity (Wildman–Crippen MR) is 104 cm³/mol. The molecule has 0 spiro atoms. The third kappa shape index (κ3) is 5.53. The summed E-state index contributed by atoms with van der Waals surface area (Å²) in [6, 6.07) is 5.69. The van der Waals surface area contributed by atoms with Crippen molar-refractivity contribution in [3.05, 3.63) is 23.2 Å². The van der Waals surface area contributed by atoms with E-state index < -0.39 is 6.10 Å². The summed E-state index contributed by atoms with van der Waals surface area (Å²) >= 11 is 6.10. The molecular formula is C16H24Cl3N3O3. The van der Waals surface area contributed by atoms with Gasteiger partial charge in [-0.2, -0.15) is 0 Å². The minimum absolute atomic E-state index is 0. The summed E-state index contributed by atoms with van der Waals surface area (Å²) in [5, 5.41) is 6.93. The number of benzene rings is 1. The van der Waals surface area contributed by atoms with E-state index in [0.29, 0.717) is 18.2 Å². The van der Waals surface area contributed by atoms with Crippen LogP contribution >= 0.6 is 36.4 Å². The van der Waals surface area contributed by atoms with Crippen LogP contribution < -0.4 is 20.3 Å². The first-order valence-electron chi connectivity index (χ1n) is 7.88. The third-order valence-electron chi connectivity index (χ3n) is 4.24. The molecule has 0 bridgehead atoms. The van der Waals surface area contributed by atoms with Crippen LogP contribution in [0.1, 0.15) is 6.42 Å². The van der Waals surface area contributed by atoms with Gasteiger partial charge in [0.2, 0.25) is 0 Å². The molecule has 3 rings (SSSR count). The molecule has 2 unspecified atom stereocenters. The summed E-state index contributed by atoms with van der Waals surface area (Å²) in [4.78, 5) is 14.4. The van der Waals surface area contributed by atoms with Crippen molar-refractivity contribution in [1.82, 2.24) is 10.6 Å². The Labute approximate surface area is 165 Å². The molecule has 25 heavy (non-hydrogen) atoms. The lowest BCUT2D eigenvalue weighted by Gasteiger charge is -2.25. The van der Waals surface area contributed by atoms with Crippen LogP contribution in [-0.2, 0) is 9.53 Å². The van der Waals surface area contributed by atoms with Gasteiger partial charge in [0.05, 0.1) is 19.4 Å². The molecule has 142 valence electrons. The highest BCUT2D eigenvalue weighted by Gasteiger charge is 2.29. The van der Waals surface area contributed by atoms with Crippen LogP contribution in [0.4, 0.5) is 5.69 Å². The molecule has 6 nitrogen and oxygen atoms in total. The fourth-order valence-electron chi connectivity index (χ4n) is 3.04. The van der Waals surface area contributed by atoms with Crippen molar-refractivity contribution in [3.8, 4) is 5.75 Å². The van der Waals surface area contributed by atoms with Crippen LogP contribution in [0.15, 0.2) is 18.2 Å². The molecule has 1 amide bonds. The predicted octanol–water partition coefficient (Wildman–Crippen LogP) is 1.88. The first-order valence-corrected chi connectivity index (χ1v) is 8.26. The third-order valence-corrected chi connectivity index (χ3v) is 4.47. The highest BCUT2D eigenvalue weighted by molar-refractivity contribution is 6.30. The van der Waals surface area contributed by atoms with Crippen molar-refractivity contribution >= 4 is 48.0 Å². The van der Waals surface area contributed by atoms with Crippen molar-refractivity contribution in [2.24, 2.45) is 0 Å². The van der Waals surface area contributed by atoms with Crippen LogP contribution in [-0.4, -0.2) is 57.9 Å². The van der Waals surface area contributed by atoms with E-state index in [4.69, 9.17) is 21.1 Å². The zero-order chi connectivity index (χ0) is 16.2. The normalized spacial score (nSPS) is 22.6. The van der Waals surface area contributed by atoms with Crippen LogP contribution in [0.25, 0.3) is 0 Å². The molecule has 1 aromatic rings. The van der Waals surface area contributed by atoms with E-state index in [1.54, 1.807) is 7.11 Å². The smallest absolute Gasteiger partial charge is 0.250 e. The Hall–Kier alpha value is -0.920. The fraction of sp³-hybridized carbons (Fsp3) is 0.562. The molecule has 2 heterocycles. The number of hydrogen-bond acceptors (Lipinski definition) is 5. The number of halogens is 3. The highest BCUT2D eigenvalue weighted by Crippen LogP contribution is 2.33. The van der Waals surface area contributed by atoms with Gasteiger partial charge in [-0.3, -0.25) is 4.79 Å². The number of amides is 1. The Kier molecular flexibility index (Phi) is 9.10. The maximum absolute atomic E-state index is 12.2. The number of methoxy groups -OCH3 is 1. The number of carbonyl (C=O) groups excluding carboxylic acids is 1. The summed E-state index contributed by atoms with van der Waals surface area (Å²) in [5.41, 5.74) is 0.965. The zero-order valence-corrected chi connectivity index (χ0v) is 16.4. The Bertz CT molecular complexity index is 571. The number of carbonyl (C=O) groups is 1. The summed E-state index contributed by atoms with van der Waals surface area (Å²) < 4.78 is 10.9. The first kappa shape index (κ1) is 22.1. The van der Waals surface area contributed by atoms with Gasteiger partial charge < -0.3 is 25.0 Å². The second-order valence-corrected chi connectivity index (χ2v) is 6.26. The van der Waals surface area contributed by atoms with Gasteiger partial charge in [0, 0.05) is 37.2 Å². The van der Waals surface area contributed by atoms with Gasteiger partial charge in [-0.15, -0.1) is 24.8 Å². The number of anilines is 1.